The minimum Gasteiger partial charge on any atom is -0.478 e. The third-order valence-corrected chi connectivity index (χ3v) is 6.34. The molecule has 0 bridgehead atoms. The summed E-state index contributed by atoms with van der Waals surface area (Å²) in [6.07, 6.45) is 0. The zero-order valence-corrected chi connectivity index (χ0v) is 17.8. The Morgan fingerprint density at radius 1 is 1.21 bits per heavy atom. The van der Waals surface area contributed by atoms with E-state index in [0.717, 1.165) is 23.9 Å². The topological polar surface area (TPSA) is 92.7 Å². The van der Waals surface area contributed by atoms with E-state index in [-0.39, 0.29) is 22.1 Å². The molecule has 2 rings (SSSR count). The monoisotopic (exact) mass is 465 g/mol. The summed E-state index contributed by atoms with van der Waals surface area (Å²) < 4.78 is 59.9. The van der Waals surface area contributed by atoms with Crippen LogP contribution in [0.4, 0.5) is 8.78 Å². The summed E-state index contributed by atoms with van der Waals surface area (Å²) in [5.41, 5.74) is -1.81. The van der Waals surface area contributed by atoms with Crippen molar-refractivity contribution in [1.82, 2.24) is 4.72 Å². The highest BCUT2D eigenvalue weighted by Gasteiger charge is 2.32. The van der Waals surface area contributed by atoms with Crippen LogP contribution >= 0.6 is 23.4 Å². The van der Waals surface area contributed by atoms with E-state index in [0.29, 0.717) is 5.02 Å². The van der Waals surface area contributed by atoms with E-state index < -0.39 is 39.0 Å². The maximum absolute atomic E-state index is 14.2. The molecule has 0 aliphatic rings. The number of carbonyl (C=O) groups is 1. The first-order chi connectivity index (χ1) is 13.4. The van der Waals surface area contributed by atoms with Crippen molar-refractivity contribution in [3.63, 3.8) is 0 Å². The molecule has 0 aromatic heterocycles. The normalized spacial score (nSPS) is 12.0. The van der Waals surface area contributed by atoms with Crippen LogP contribution in [0.15, 0.2) is 46.2 Å². The van der Waals surface area contributed by atoms with Gasteiger partial charge < -0.3 is 9.84 Å². The maximum atomic E-state index is 14.2. The molecule has 0 atom stereocenters. The largest absolute Gasteiger partial charge is 0.478 e. The van der Waals surface area contributed by atoms with Crippen LogP contribution in [-0.4, -0.2) is 37.4 Å². The standard InChI is InChI=1S/C18H18ClF2NO5S2/c1-18(2,17(23)24)27-16-14(20)9-12(10-15(16)21)28-8-7-22-29(25,26)13-5-3-11(19)4-6-13/h3-6,9-10,22H,7-8H2,1-2H3,(H,23,24). The summed E-state index contributed by atoms with van der Waals surface area (Å²) in [6.45, 7) is 2.36. The summed E-state index contributed by atoms with van der Waals surface area (Å²) in [7, 11) is -3.73. The fraction of sp³-hybridized carbons (Fsp3) is 0.278. The van der Waals surface area contributed by atoms with E-state index in [1.165, 1.54) is 38.1 Å². The van der Waals surface area contributed by atoms with Gasteiger partial charge in [-0.05, 0) is 50.2 Å². The van der Waals surface area contributed by atoms with Crippen molar-refractivity contribution in [3.8, 4) is 5.75 Å². The summed E-state index contributed by atoms with van der Waals surface area (Å²) >= 11 is 6.75. The lowest BCUT2D eigenvalue weighted by atomic mass is 10.1. The van der Waals surface area contributed by atoms with Gasteiger partial charge in [-0.1, -0.05) is 11.6 Å². The number of nitrogens with one attached hydrogen (secondary N) is 1. The van der Waals surface area contributed by atoms with Crippen LogP contribution in [-0.2, 0) is 14.8 Å². The van der Waals surface area contributed by atoms with E-state index >= 15 is 0 Å². The fourth-order valence-electron chi connectivity index (χ4n) is 2.06. The lowest BCUT2D eigenvalue weighted by Gasteiger charge is -2.22. The smallest absolute Gasteiger partial charge is 0.347 e. The Morgan fingerprint density at radius 2 is 1.76 bits per heavy atom. The van der Waals surface area contributed by atoms with Gasteiger partial charge in [0.15, 0.2) is 23.0 Å². The molecule has 0 aliphatic carbocycles. The number of thioether (sulfide) groups is 1. The van der Waals surface area contributed by atoms with Gasteiger partial charge in [0.25, 0.3) is 0 Å². The number of ether oxygens (including phenoxy) is 1. The molecule has 2 N–H and O–H groups in total. The predicted octanol–water partition coefficient (Wildman–Crippen LogP) is 3.93. The first kappa shape index (κ1) is 23.4. The maximum Gasteiger partial charge on any atom is 0.347 e. The second-order valence-corrected chi connectivity index (χ2v) is 9.71. The number of hydrogen-bond donors (Lipinski definition) is 2. The van der Waals surface area contributed by atoms with Gasteiger partial charge in [0, 0.05) is 22.2 Å². The van der Waals surface area contributed by atoms with E-state index in [1.807, 2.05) is 0 Å². The second kappa shape index (κ2) is 9.29. The van der Waals surface area contributed by atoms with Gasteiger partial charge in [0.05, 0.1) is 4.90 Å². The quantitative estimate of drug-likeness (QED) is 0.430. The number of sulfonamides is 1. The van der Waals surface area contributed by atoms with Crippen LogP contribution < -0.4 is 9.46 Å². The molecule has 0 heterocycles. The summed E-state index contributed by atoms with van der Waals surface area (Å²) in [6, 6.07) is 7.61. The molecule has 0 saturated carbocycles. The van der Waals surface area contributed by atoms with Crippen molar-refractivity contribution >= 4 is 39.4 Å². The minimum atomic E-state index is -3.73. The summed E-state index contributed by atoms with van der Waals surface area (Å²) in [5, 5.41) is 9.41. The van der Waals surface area contributed by atoms with Crippen LogP contribution in [0.25, 0.3) is 0 Å². The fourth-order valence-corrected chi connectivity index (χ4v) is 4.16. The number of benzene rings is 2. The number of hydrogen-bond acceptors (Lipinski definition) is 5. The van der Waals surface area contributed by atoms with Crippen LogP contribution in [0.2, 0.25) is 5.02 Å². The molecule has 0 aliphatic heterocycles. The number of carboxylic acid groups (broad SMARTS) is 1. The van der Waals surface area contributed by atoms with Gasteiger partial charge in [-0.15, -0.1) is 11.8 Å². The van der Waals surface area contributed by atoms with Gasteiger partial charge in [0.1, 0.15) is 0 Å². The number of aliphatic carboxylic acids is 1. The third-order valence-electron chi connectivity index (χ3n) is 3.63. The average molecular weight is 466 g/mol. The van der Waals surface area contributed by atoms with Crippen molar-refractivity contribution < 1.29 is 31.8 Å². The molecule has 11 heteroatoms. The average Bonchev–Trinajstić information content (AvgIpc) is 2.62. The Bertz CT molecular complexity index is 975. The van der Waals surface area contributed by atoms with Crippen molar-refractivity contribution in [2.24, 2.45) is 0 Å². The molecular weight excluding hydrogens is 448 g/mol. The molecular formula is C18H18ClF2NO5S2. The first-order valence-corrected chi connectivity index (χ1v) is 11.1. The molecule has 0 amide bonds. The number of rotatable bonds is 9. The van der Waals surface area contributed by atoms with Crippen LogP contribution in [0.1, 0.15) is 13.8 Å². The van der Waals surface area contributed by atoms with Gasteiger partial charge in [-0.3, -0.25) is 0 Å². The Morgan fingerprint density at radius 3 is 2.28 bits per heavy atom. The molecule has 29 heavy (non-hydrogen) atoms. The Hall–Kier alpha value is -1.88. The zero-order chi connectivity index (χ0) is 21.8. The molecule has 0 radical (unpaired) electrons. The third kappa shape index (κ3) is 6.30. The summed E-state index contributed by atoms with van der Waals surface area (Å²) in [5.74, 6) is -4.06. The highest BCUT2D eigenvalue weighted by molar-refractivity contribution is 7.99. The molecule has 6 nitrogen and oxygen atoms in total. The van der Waals surface area contributed by atoms with Crippen molar-refractivity contribution in [2.45, 2.75) is 29.2 Å². The van der Waals surface area contributed by atoms with Gasteiger partial charge in [-0.2, -0.15) is 0 Å². The second-order valence-electron chi connectivity index (χ2n) is 6.33. The van der Waals surface area contributed by atoms with Crippen LogP contribution in [0.3, 0.4) is 0 Å². The molecule has 0 saturated heterocycles. The van der Waals surface area contributed by atoms with Gasteiger partial charge >= 0.3 is 5.97 Å². The molecule has 2 aromatic carbocycles. The molecule has 0 spiro atoms. The molecule has 0 unspecified atom stereocenters. The van der Waals surface area contributed by atoms with Crippen molar-refractivity contribution in [3.05, 3.63) is 53.1 Å². The highest BCUT2D eigenvalue weighted by atomic mass is 35.5. The lowest BCUT2D eigenvalue weighted by molar-refractivity contribution is -0.152. The minimum absolute atomic E-state index is 0.0170. The zero-order valence-electron chi connectivity index (χ0n) is 15.4. The van der Waals surface area contributed by atoms with Gasteiger partial charge in [-0.25, -0.2) is 26.7 Å². The Balaban J connectivity index is 1.98. The number of halogens is 3. The lowest BCUT2D eigenvalue weighted by Crippen LogP contribution is -2.38. The van der Waals surface area contributed by atoms with E-state index in [4.69, 9.17) is 21.4 Å². The molecule has 158 valence electrons. The van der Waals surface area contributed by atoms with E-state index in [9.17, 15) is 22.0 Å². The van der Waals surface area contributed by atoms with Crippen LogP contribution in [0, 0.1) is 11.6 Å². The molecule has 2 aromatic rings. The van der Waals surface area contributed by atoms with E-state index in [2.05, 4.69) is 4.72 Å². The SMILES string of the molecule is CC(C)(Oc1c(F)cc(SCCNS(=O)(=O)c2ccc(Cl)cc2)cc1F)C(=O)O. The van der Waals surface area contributed by atoms with Crippen LogP contribution in [0.5, 0.6) is 5.75 Å². The number of carboxylic acids is 1. The van der Waals surface area contributed by atoms with Gasteiger partial charge in [0.2, 0.25) is 10.0 Å². The molecule has 0 fully saturated rings. The predicted molar refractivity (Wildman–Crippen MR) is 106 cm³/mol. The van der Waals surface area contributed by atoms with E-state index in [1.54, 1.807) is 0 Å². The van der Waals surface area contributed by atoms with Crippen molar-refractivity contribution in [2.75, 3.05) is 12.3 Å². The Labute approximate surface area is 176 Å². The first-order valence-electron chi connectivity index (χ1n) is 8.22. The summed E-state index contributed by atoms with van der Waals surface area (Å²) in [4.78, 5) is 11.3. The Kier molecular flexibility index (Phi) is 7.50. The van der Waals surface area contributed by atoms with Crippen molar-refractivity contribution in [1.29, 1.82) is 0 Å². The highest BCUT2D eigenvalue weighted by Crippen LogP contribution is 2.31.